The van der Waals surface area contributed by atoms with Gasteiger partial charge in [0.1, 0.15) is 11.3 Å². The maximum absolute atomic E-state index is 12.7. The average Bonchev–Trinajstić information content (AvgIpc) is 3.34. The van der Waals surface area contributed by atoms with Gasteiger partial charge in [-0.25, -0.2) is 4.98 Å². The number of aromatic nitrogens is 1. The lowest BCUT2D eigenvalue weighted by Gasteiger charge is -2.15. The molecule has 0 bridgehead atoms. The van der Waals surface area contributed by atoms with Crippen molar-refractivity contribution in [3.8, 4) is 16.9 Å². The van der Waals surface area contributed by atoms with E-state index in [9.17, 15) is 4.79 Å². The van der Waals surface area contributed by atoms with E-state index in [-0.39, 0.29) is 12.5 Å². The highest BCUT2D eigenvalue weighted by molar-refractivity contribution is 7.22. The smallest absolute Gasteiger partial charge is 0.243 e. The third kappa shape index (κ3) is 3.29. The van der Waals surface area contributed by atoms with Gasteiger partial charge in [-0.05, 0) is 52.9 Å². The van der Waals surface area contributed by atoms with E-state index >= 15 is 0 Å². The van der Waals surface area contributed by atoms with Gasteiger partial charge < -0.3 is 15.0 Å². The van der Waals surface area contributed by atoms with Gasteiger partial charge in [0.2, 0.25) is 5.91 Å². The number of hydrogen-bond donors (Lipinski definition) is 1. The standard InChI is InChI=1S/C24H21N3O2S/c1-27(24-26-23-20(29-2)8-5-9-21(23)30-24)14-22(28)25-17-10-11-19-16(13-17)12-15-6-3-4-7-18(15)19/h3-11,13H,12,14H2,1-2H3,(H,25,28). The van der Waals surface area contributed by atoms with E-state index in [1.165, 1.54) is 22.3 Å². The molecule has 5 rings (SSSR count). The van der Waals surface area contributed by atoms with E-state index in [4.69, 9.17) is 4.74 Å². The fourth-order valence-corrected chi connectivity index (χ4v) is 4.89. The van der Waals surface area contributed by atoms with Crippen molar-refractivity contribution in [2.75, 3.05) is 30.9 Å². The molecule has 1 N–H and O–H groups in total. The Morgan fingerprint density at radius 1 is 1.10 bits per heavy atom. The summed E-state index contributed by atoms with van der Waals surface area (Å²) >= 11 is 1.55. The summed E-state index contributed by atoms with van der Waals surface area (Å²) in [5.74, 6) is 0.672. The van der Waals surface area contributed by atoms with Gasteiger partial charge in [-0.15, -0.1) is 0 Å². The zero-order valence-corrected chi connectivity index (χ0v) is 17.6. The number of amides is 1. The van der Waals surface area contributed by atoms with Gasteiger partial charge in [0.15, 0.2) is 5.13 Å². The molecule has 30 heavy (non-hydrogen) atoms. The molecule has 5 nitrogen and oxygen atoms in total. The predicted octanol–water partition coefficient (Wildman–Crippen LogP) is 4.95. The highest BCUT2D eigenvalue weighted by atomic mass is 32.1. The molecule has 6 heteroatoms. The van der Waals surface area contributed by atoms with Crippen molar-refractivity contribution in [1.29, 1.82) is 0 Å². The zero-order valence-electron chi connectivity index (χ0n) is 16.8. The molecule has 1 aliphatic rings. The monoisotopic (exact) mass is 415 g/mol. The first-order valence-corrected chi connectivity index (χ1v) is 10.6. The second-order valence-electron chi connectivity index (χ2n) is 7.41. The number of nitrogens with one attached hydrogen (secondary N) is 1. The first-order valence-electron chi connectivity index (χ1n) is 9.78. The van der Waals surface area contributed by atoms with Gasteiger partial charge in [-0.2, -0.15) is 0 Å². The molecule has 1 aromatic heterocycles. The van der Waals surface area contributed by atoms with E-state index in [1.54, 1.807) is 18.4 Å². The molecule has 0 unspecified atom stereocenters. The van der Waals surface area contributed by atoms with Gasteiger partial charge >= 0.3 is 0 Å². The quantitative estimate of drug-likeness (QED) is 0.441. The number of rotatable bonds is 5. The molecule has 3 aromatic carbocycles. The molecule has 0 saturated carbocycles. The normalized spacial score (nSPS) is 11.8. The van der Waals surface area contributed by atoms with Crippen molar-refractivity contribution < 1.29 is 9.53 Å². The molecule has 1 amide bonds. The SMILES string of the molecule is COc1cccc2sc(N(C)CC(=O)Nc3ccc4c(c3)Cc3ccccc3-4)nc12. The topological polar surface area (TPSA) is 54.5 Å². The van der Waals surface area contributed by atoms with Crippen LogP contribution < -0.4 is 15.0 Å². The Balaban J connectivity index is 1.29. The van der Waals surface area contributed by atoms with E-state index < -0.39 is 0 Å². The molecule has 0 aliphatic heterocycles. The van der Waals surface area contributed by atoms with Crippen molar-refractivity contribution >= 4 is 38.3 Å². The van der Waals surface area contributed by atoms with Crippen LogP contribution in [0.3, 0.4) is 0 Å². The van der Waals surface area contributed by atoms with E-state index in [2.05, 4.69) is 46.7 Å². The van der Waals surface area contributed by atoms with Crippen LogP contribution in [0.15, 0.2) is 60.7 Å². The van der Waals surface area contributed by atoms with Crippen LogP contribution in [0.1, 0.15) is 11.1 Å². The highest BCUT2D eigenvalue weighted by Gasteiger charge is 2.19. The summed E-state index contributed by atoms with van der Waals surface area (Å²) in [6.45, 7) is 0.222. The van der Waals surface area contributed by atoms with E-state index in [0.717, 1.165) is 33.2 Å². The van der Waals surface area contributed by atoms with Crippen LogP contribution in [0.5, 0.6) is 5.75 Å². The Morgan fingerprint density at radius 3 is 2.80 bits per heavy atom. The Hall–Kier alpha value is -3.38. The minimum atomic E-state index is -0.0702. The van der Waals surface area contributed by atoms with Crippen LogP contribution in [0, 0.1) is 0 Å². The average molecular weight is 416 g/mol. The van der Waals surface area contributed by atoms with Crippen molar-refractivity contribution in [2.24, 2.45) is 0 Å². The van der Waals surface area contributed by atoms with Crippen LogP contribution >= 0.6 is 11.3 Å². The van der Waals surface area contributed by atoms with E-state index in [1.807, 2.05) is 36.2 Å². The van der Waals surface area contributed by atoms with E-state index in [0.29, 0.717) is 0 Å². The van der Waals surface area contributed by atoms with Crippen LogP contribution in [-0.2, 0) is 11.2 Å². The maximum atomic E-state index is 12.7. The fraction of sp³-hybridized carbons (Fsp3) is 0.167. The molecule has 1 heterocycles. The minimum absolute atomic E-state index is 0.0702. The molecule has 1 aliphatic carbocycles. The number of thiazole rings is 1. The molecule has 0 fully saturated rings. The maximum Gasteiger partial charge on any atom is 0.243 e. The molecular weight excluding hydrogens is 394 g/mol. The van der Waals surface area contributed by atoms with Gasteiger partial charge in [0.25, 0.3) is 0 Å². The second kappa shape index (κ2) is 7.46. The lowest BCUT2D eigenvalue weighted by molar-refractivity contribution is -0.114. The summed E-state index contributed by atoms with van der Waals surface area (Å²) in [6.07, 6.45) is 0.905. The second-order valence-corrected chi connectivity index (χ2v) is 8.42. The first-order chi connectivity index (χ1) is 14.6. The minimum Gasteiger partial charge on any atom is -0.494 e. The number of anilines is 2. The van der Waals surface area contributed by atoms with Crippen molar-refractivity contribution in [2.45, 2.75) is 6.42 Å². The summed E-state index contributed by atoms with van der Waals surface area (Å²) in [7, 11) is 3.52. The van der Waals surface area contributed by atoms with Gasteiger partial charge in [-0.3, -0.25) is 4.79 Å². The lowest BCUT2D eigenvalue weighted by Crippen LogP contribution is -2.29. The van der Waals surface area contributed by atoms with Crippen LogP contribution in [-0.4, -0.2) is 31.6 Å². The number of nitrogens with zero attached hydrogens (tertiary/aromatic N) is 2. The zero-order chi connectivity index (χ0) is 20.7. The summed E-state index contributed by atoms with van der Waals surface area (Å²) in [6, 6.07) is 20.5. The van der Waals surface area contributed by atoms with Crippen molar-refractivity contribution in [3.05, 3.63) is 71.8 Å². The fourth-order valence-electron chi connectivity index (χ4n) is 3.95. The van der Waals surface area contributed by atoms with Crippen LogP contribution in [0.25, 0.3) is 21.3 Å². The Bertz CT molecular complexity index is 1260. The van der Waals surface area contributed by atoms with Gasteiger partial charge in [0, 0.05) is 12.7 Å². The molecular formula is C24H21N3O2S. The largest absolute Gasteiger partial charge is 0.494 e. The molecule has 150 valence electrons. The molecule has 0 atom stereocenters. The number of methoxy groups -OCH3 is 1. The number of carbonyl (C=O) groups excluding carboxylic acids is 1. The number of carbonyl (C=O) groups is 1. The number of hydrogen-bond acceptors (Lipinski definition) is 5. The summed E-state index contributed by atoms with van der Waals surface area (Å²) < 4.78 is 6.42. The number of ether oxygens (including phenoxy) is 1. The Labute approximate surface area is 178 Å². The summed E-state index contributed by atoms with van der Waals surface area (Å²) in [4.78, 5) is 19.2. The molecule has 0 radical (unpaired) electrons. The third-order valence-electron chi connectivity index (χ3n) is 5.38. The summed E-state index contributed by atoms with van der Waals surface area (Å²) in [5, 5.41) is 3.81. The molecule has 4 aromatic rings. The number of fused-ring (bicyclic) bond motifs is 4. The lowest BCUT2D eigenvalue weighted by atomic mass is 10.1. The van der Waals surface area contributed by atoms with Crippen molar-refractivity contribution in [3.63, 3.8) is 0 Å². The van der Waals surface area contributed by atoms with Gasteiger partial charge in [0.05, 0.1) is 18.4 Å². The summed E-state index contributed by atoms with van der Waals surface area (Å²) in [5.41, 5.74) is 6.78. The van der Waals surface area contributed by atoms with Crippen LogP contribution in [0.4, 0.5) is 10.8 Å². The number of para-hydroxylation sites is 1. The number of likely N-dealkylation sites (N-methyl/N-ethyl adjacent to an activating group) is 1. The first kappa shape index (κ1) is 18.6. The Kier molecular flexibility index (Phi) is 4.64. The Morgan fingerprint density at radius 2 is 1.93 bits per heavy atom. The molecule has 0 saturated heterocycles. The third-order valence-corrected chi connectivity index (χ3v) is 6.51. The van der Waals surface area contributed by atoms with Crippen molar-refractivity contribution in [1.82, 2.24) is 4.98 Å². The predicted molar refractivity (Wildman–Crippen MR) is 123 cm³/mol. The van der Waals surface area contributed by atoms with Crippen LogP contribution in [0.2, 0.25) is 0 Å². The highest BCUT2D eigenvalue weighted by Crippen LogP contribution is 2.37. The van der Waals surface area contributed by atoms with Gasteiger partial charge in [-0.1, -0.05) is 47.7 Å². The number of benzene rings is 3. The molecule has 0 spiro atoms.